The molecule has 0 aliphatic carbocycles. The quantitative estimate of drug-likeness (QED) is 0.868. The van der Waals surface area contributed by atoms with Crippen LogP contribution in [0.2, 0.25) is 0 Å². The largest absolute Gasteiger partial charge is 0.493 e. The predicted molar refractivity (Wildman–Crippen MR) is 92.5 cm³/mol. The normalized spacial score (nSPS) is 11.5. The second kappa shape index (κ2) is 7.13. The number of nitrogens with zero attached hydrogens (tertiary/aromatic N) is 1. The average Bonchev–Trinajstić information content (AvgIpc) is 2.86. The number of carbonyl (C=O) groups is 1. The van der Waals surface area contributed by atoms with Crippen LogP contribution in [0.3, 0.4) is 0 Å². The zero-order valence-corrected chi connectivity index (χ0v) is 14.9. The SMILES string of the molecule is Cc1cccc(C(C)(C)C)c1OCCc1nc(CC(=O)O)cs1. The van der Waals surface area contributed by atoms with Gasteiger partial charge in [0.05, 0.1) is 23.7 Å². The first-order chi connectivity index (χ1) is 10.8. The molecule has 0 unspecified atom stereocenters. The van der Waals surface area contributed by atoms with Gasteiger partial charge in [-0.3, -0.25) is 4.79 Å². The van der Waals surface area contributed by atoms with Crippen LogP contribution >= 0.6 is 11.3 Å². The van der Waals surface area contributed by atoms with E-state index in [0.717, 1.165) is 16.3 Å². The molecule has 0 aliphatic rings. The maximum atomic E-state index is 10.7. The molecule has 0 amide bonds. The predicted octanol–water partition coefficient (Wildman–Crippen LogP) is 4.00. The number of aliphatic carboxylic acids is 1. The average molecular weight is 333 g/mol. The molecule has 1 heterocycles. The molecule has 4 nitrogen and oxygen atoms in total. The molecule has 1 aromatic heterocycles. The minimum absolute atomic E-state index is 0.0245. The van der Waals surface area contributed by atoms with Crippen LogP contribution in [-0.4, -0.2) is 22.7 Å². The van der Waals surface area contributed by atoms with Gasteiger partial charge in [0, 0.05) is 11.8 Å². The zero-order chi connectivity index (χ0) is 17.0. The summed E-state index contributed by atoms with van der Waals surface area (Å²) in [5.74, 6) is 0.0927. The Kier molecular flexibility index (Phi) is 5.42. The van der Waals surface area contributed by atoms with Gasteiger partial charge in [0.1, 0.15) is 5.75 Å². The summed E-state index contributed by atoms with van der Waals surface area (Å²) in [5, 5.41) is 11.5. The minimum Gasteiger partial charge on any atom is -0.493 e. The Morgan fingerprint density at radius 3 is 2.74 bits per heavy atom. The minimum atomic E-state index is -0.854. The molecular weight excluding hydrogens is 310 g/mol. The van der Waals surface area contributed by atoms with Crippen LogP contribution in [0.15, 0.2) is 23.6 Å². The molecule has 0 aliphatic heterocycles. The number of para-hydroxylation sites is 1. The first-order valence-corrected chi connectivity index (χ1v) is 8.53. The fourth-order valence-corrected chi connectivity index (χ4v) is 3.15. The third kappa shape index (κ3) is 4.79. The third-order valence-electron chi connectivity index (χ3n) is 3.51. The van der Waals surface area contributed by atoms with Crippen LogP contribution in [-0.2, 0) is 23.1 Å². The molecule has 0 bridgehead atoms. The number of hydrogen-bond donors (Lipinski definition) is 1. The molecule has 2 rings (SSSR count). The highest BCUT2D eigenvalue weighted by molar-refractivity contribution is 7.09. The van der Waals surface area contributed by atoms with Crippen LogP contribution < -0.4 is 4.74 Å². The Labute approximate surface area is 141 Å². The van der Waals surface area contributed by atoms with Gasteiger partial charge in [-0.1, -0.05) is 39.0 Å². The van der Waals surface area contributed by atoms with E-state index in [1.807, 2.05) is 0 Å². The highest BCUT2D eigenvalue weighted by Gasteiger charge is 2.20. The molecule has 0 fully saturated rings. The van der Waals surface area contributed by atoms with Gasteiger partial charge < -0.3 is 9.84 Å². The second-order valence-corrected chi connectivity index (χ2v) is 7.55. The van der Waals surface area contributed by atoms with Gasteiger partial charge in [-0.15, -0.1) is 11.3 Å². The van der Waals surface area contributed by atoms with Crippen LogP contribution in [0, 0.1) is 6.92 Å². The number of benzene rings is 1. The highest BCUT2D eigenvalue weighted by atomic mass is 32.1. The fraction of sp³-hybridized carbons (Fsp3) is 0.444. The van der Waals surface area contributed by atoms with E-state index in [4.69, 9.17) is 9.84 Å². The number of rotatable bonds is 6. The topological polar surface area (TPSA) is 59.4 Å². The van der Waals surface area contributed by atoms with E-state index in [-0.39, 0.29) is 11.8 Å². The van der Waals surface area contributed by atoms with Gasteiger partial charge in [0.2, 0.25) is 0 Å². The van der Waals surface area contributed by atoms with E-state index in [1.54, 1.807) is 5.38 Å². The lowest BCUT2D eigenvalue weighted by Gasteiger charge is -2.24. The van der Waals surface area contributed by atoms with Gasteiger partial charge >= 0.3 is 5.97 Å². The number of ether oxygens (including phenoxy) is 1. The van der Waals surface area contributed by atoms with Crippen molar-refractivity contribution < 1.29 is 14.6 Å². The van der Waals surface area contributed by atoms with Crippen molar-refractivity contribution in [3.63, 3.8) is 0 Å². The summed E-state index contributed by atoms with van der Waals surface area (Å²) in [7, 11) is 0. The number of carboxylic acids is 1. The maximum absolute atomic E-state index is 10.7. The van der Waals surface area contributed by atoms with Crippen LogP contribution in [0.4, 0.5) is 0 Å². The summed E-state index contributed by atoms with van der Waals surface area (Å²) in [4.78, 5) is 15.0. The maximum Gasteiger partial charge on any atom is 0.309 e. The van der Waals surface area contributed by atoms with Gasteiger partial charge in [0.25, 0.3) is 0 Å². The Hall–Kier alpha value is -1.88. The highest BCUT2D eigenvalue weighted by Crippen LogP contribution is 2.33. The Morgan fingerprint density at radius 2 is 2.09 bits per heavy atom. The Balaban J connectivity index is 2.02. The summed E-state index contributed by atoms with van der Waals surface area (Å²) in [5.41, 5.74) is 2.96. The third-order valence-corrected chi connectivity index (χ3v) is 4.47. The summed E-state index contributed by atoms with van der Waals surface area (Å²) in [6.07, 6.45) is 0.658. The first-order valence-electron chi connectivity index (χ1n) is 7.65. The summed E-state index contributed by atoms with van der Waals surface area (Å²) < 4.78 is 6.04. The van der Waals surface area contributed by atoms with Crippen molar-refractivity contribution in [2.75, 3.05) is 6.61 Å². The Bertz CT molecular complexity index is 686. The van der Waals surface area contributed by atoms with Crippen LogP contribution in [0.25, 0.3) is 0 Å². The number of aromatic nitrogens is 1. The Morgan fingerprint density at radius 1 is 1.35 bits per heavy atom. The molecule has 0 saturated carbocycles. The van der Waals surface area contributed by atoms with Crippen molar-refractivity contribution in [1.82, 2.24) is 4.98 Å². The zero-order valence-electron chi connectivity index (χ0n) is 14.0. The summed E-state index contributed by atoms with van der Waals surface area (Å²) >= 11 is 1.49. The van der Waals surface area contributed by atoms with Gasteiger partial charge in [-0.25, -0.2) is 4.98 Å². The van der Waals surface area contributed by atoms with Crippen molar-refractivity contribution >= 4 is 17.3 Å². The molecule has 2 aromatic rings. The standard InChI is InChI=1S/C18H23NO3S/c1-12-6-5-7-14(18(2,3)4)17(12)22-9-8-15-19-13(11-23-15)10-16(20)21/h5-7,11H,8-10H2,1-4H3,(H,20,21). The molecule has 5 heteroatoms. The fourth-order valence-electron chi connectivity index (χ4n) is 2.37. The van der Waals surface area contributed by atoms with Crippen molar-refractivity contribution in [3.8, 4) is 5.75 Å². The lowest BCUT2D eigenvalue weighted by molar-refractivity contribution is -0.136. The van der Waals surface area contributed by atoms with Crippen LogP contribution in [0.1, 0.15) is 42.6 Å². The van der Waals surface area contributed by atoms with E-state index in [9.17, 15) is 4.79 Å². The molecule has 0 radical (unpaired) electrons. The van der Waals surface area contributed by atoms with Crippen molar-refractivity contribution in [2.24, 2.45) is 0 Å². The molecule has 0 saturated heterocycles. The molecule has 1 N–H and O–H groups in total. The van der Waals surface area contributed by atoms with Gasteiger partial charge in [-0.05, 0) is 23.5 Å². The summed E-state index contributed by atoms with van der Waals surface area (Å²) in [6.45, 7) is 9.11. The number of carboxylic acid groups (broad SMARTS) is 1. The lowest BCUT2D eigenvalue weighted by Crippen LogP contribution is -2.15. The van der Waals surface area contributed by atoms with Crippen LogP contribution in [0.5, 0.6) is 5.75 Å². The molecule has 1 aromatic carbocycles. The lowest BCUT2D eigenvalue weighted by atomic mass is 9.85. The smallest absolute Gasteiger partial charge is 0.309 e. The number of hydrogen-bond acceptors (Lipinski definition) is 4. The molecular formula is C18H23NO3S. The molecule has 0 spiro atoms. The van der Waals surface area contributed by atoms with Crippen molar-refractivity contribution in [1.29, 1.82) is 0 Å². The number of aryl methyl sites for hydroxylation is 1. The number of thiazole rings is 1. The molecule has 23 heavy (non-hydrogen) atoms. The monoisotopic (exact) mass is 333 g/mol. The van der Waals surface area contributed by atoms with Crippen molar-refractivity contribution in [3.05, 3.63) is 45.4 Å². The van der Waals surface area contributed by atoms with E-state index < -0.39 is 5.97 Å². The molecule has 124 valence electrons. The second-order valence-electron chi connectivity index (χ2n) is 6.60. The summed E-state index contributed by atoms with van der Waals surface area (Å²) in [6, 6.07) is 6.22. The van der Waals surface area contributed by atoms with E-state index in [1.165, 1.54) is 16.9 Å². The van der Waals surface area contributed by atoms with Crippen molar-refractivity contribution in [2.45, 2.75) is 46.0 Å². The first kappa shape index (κ1) is 17.5. The van der Waals surface area contributed by atoms with E-state index in [0.29, 0.717) is 18.7 Å². The van der Waals surface area contributed by atoms with E-state index >= 15 is 0 Å². The molecule has 0 atom stereocenters. The van der Waals surface area contributed by atoms with E-state index in [2.05, 4.69) is 50.9 Å². The van der Waals surface area contributed by atoms with Gasteiger partial charge in [-0.2, -0.15) is 0 Å². The van der Waals surface area contributed by atoms with Gasteiger partial charge in [0.15, 0.2) is 0 Å².